The molecule has 1 aliphatic heterocycles. The Balaban J connectivity index is 1.57. The fourth-order valence-electron chi connectivity index (χ4n) is 3.45. The highest BCUT2D eigenvalue weighted by atomic mass is 19.1. The van der Waals surface area contributed by atoms with Crippen molar-refractivity contribution in [3.8, 4) is 5.75 Å². The second kappa shape index (κ2) is 8.37. The maximum absolute atomic E-state index is 13.4. The molecule has 0 saturated carbocycles. The number of ether oxygens (including phenoxy) is 1. The van der Waals surface area contributed by atoms with E-state index in [1.54, 1.807) is 36.1 Å². The van der Waals surface area contributed by atoms with Gasteiger partial charge in [-0.05, 0) is 48.9 Å². The molecule has 3 aromatic carbocycles. The van der Waals surface area contributed by atoms with Crippen LogP contribution in [-0.4, -0.2) is 22.8 Å². The van der Waals surface area contributed by atoms with Gasteiger partial charge >= 0.3 is 0 Å². The zero-order valence-electron chi connectivity index (χ0n) is 16.5. The Morgan fingerprint density at radius 1 is 1.10 bits per heavy atom. The molecule has 0 radical (unpaired) electrons. The first kappa shape index (κ1) is 19.6. The minimum atomic E-state index is -0.609. The number of hydrogen-bond acceptors (Lipinski definition) is 3. The average molecular weight is 404 g/mol. The molecule has 0 aliphatic carbocycles. The summed E-state index contributed by atoms with van der Waals surface area (Å²) in [7, 11) is 0. The third-order valence-electron chi connectivity index (χ3n) is 4.95. The number of hydrogen-bond donors (Lipinski definition) is 1. The van der Waals surface area contributed by atoms with Gasteiger partial charge in [-0.15, -0.1) is 0 Å². The number of fused-ring (bicyclic) bond motifs is 1. The van der Waals surface area contributed by atoms with Gasteiger partial charge in [-0.1, -0.05) is 36.4 Å². The third-order valence-corrected chi connectivity index (χ3v) is 4.95. The minimum absolute atomic E-state index is 0.0969. The summed E-state index contributed by atoms with van der Waals surface area (Å²) in [6.45, 7) is 2.55. The van der Waals surface area contributed by atoms with Crippen molar-refractivity contribution in [2.24, 2.45) is 0 Å². The number of benzene rings is 3. The first-order chi connectivity index (χ1) is 14.5. The molecule has 30 heavy (non-hydrogen) atoms. The standard InChI is InChI=1S/C24H21FN2O3/c1-16-24(29)27(14-17-6-3-2-4-7-17)15-19-13-21(10-11-22(19)30-16)26-23(28)18-8-5-9-20(25)12-18/h2-13,16H,14-15H2,1H3,(H,26,28). The van der Waals surface area contributed by atoms with Crippen LogP contribution < -0.4 is 10.1 Å². The number of carbonyl (C=O) groups is 2. The fourth-order valence-corrected chi connectivity index (χ4v) is 3.45. The van der Waals surface area contributed by atoms with Crippen LogP contribution in [0.1, 0.15) is 28.4 Å². The number of nitrogens with zero attached hydrogens (tertiary/aromatic N) is 1. The summed E-state index contributed by atoms with van der Waals surface area (Å²) in [5, 5.41) is 2.78. The van der Waals surface area contributed by atoms with Gasteiger partial charge in [0.05, 0.1) is 0 Å². The highest BCUT2D eigenvalue weighted by Gasteiger charge is 2.28. The molecule has 1 heterocycles. The van der Waals surface area contributed by atoms with E-state index in [2.05, 4.69) is 5.32 Å². The van der Waals surface area contributed by atoms with Crippen LogP contribution in [0.2, 0.25) is 0 Å². The van der Waals surface area contributed by atoms with E-state index in [1.807, 2.05) is 30.3 Å². The molecule has 1 unspecified atom stereocenters. The van der Waals surface area contributed by atoms with Crippen molar-refractivity contribution in [2.75, 3.05) is 5.32 Å². The monoisotopic (exact) mass is 404 g/mol. The summed E-state index contributed by atoms with van der Waals surface area (Å²) in [6.07, 6.45) is -0.609. The second-order valence-electron chi connectivity index (χ2n) is 7.23. The van der Waals surface area contributed by atoms with Crippen molar-refractivity contribution in [1.82, 2.24) is 4.90 Å². The fraction of sp³-hybridized carbons (Fsp3) is 0.167. The Labute approximate surface area is 174 Å². The Hall–Kier alpha value is -3.67. The second-order valence-corrected chi connectivity index (χ2v) is 7.23. The summed E-state index contributed by atoms with van der Waals surface area (Å²) < 4.78 is 19.2. The Kier molecular flexibility index (Phi) is 5.48. The van der Waals surface area contributed by atoms with Crippen LogP contribution in [0.25, 0.3) is 0 Å². The lowest BCUT2D eigenvalue weighted by Crippen LogP contribution is -2.37. The topological polar surface area (TPSA) is 58.6 Å². The molecule has 0 saturated heterocycles. The zero-order valence-corrected chi connectivity index (χ0v) is 16.5. The lowest BCUT2D eigenvalue weighted by Gasteiger charge is -2.22. The quantitative estimate of drug-likeness (QED) is 0.702. The van der Waals surface area contributed by atoms with Crippen molar-refractivity contribution in [2.45, 2.75) is 26.1 Å². The highest BCUT2D eigenvalue weighted by Crippen LogP contribution is 2.29. The van der Waals surface area contributed by atoms with Gasteiger partial charge in [0, 0.05) is 29.9 Å². The number of carbonyl (C=O) groups excluding carboxylic acids is 2. The maximum atomic E-state index is 13.4. The maximum Gasteiger partial charge on any atom is 0.263 e. The van der Waals surface area contributed by atoms with Crippen molar-refractivity contribution in [1.29, 1.82) is 0 Å². The van der Waals surface area contributed by atoms with Crippen LogP contribution in [0.15, 0.2) is 72.8 Å². The first-order valence-corrected chi connectivity index (χ1v) is 9.69. The van der Waals surface area contributed by atoms with E-state index in [0.29, 0.717) is 24.5 Å². The van der Waals surface area contributed by atoms with Gasteiger partial charge in [0.25, 0.3) is 11.8 Å². The average Bonchev–Trinajstić information content (AvgIpc) is 2.85. The van der Waals surface area contributed by atoms with E-state index < -0.39 is 17.8 Å². The molecule has 6 heteroatoms. The summed E-state index contributed by atoms with van der Waals surface area (Å²) in [6, 6.07) is 20.5. The van der Waals surface area contributed by atoms with Crippen LogP contribution in [0.3, 0.4) is 0 Å². The minimum Gasteiger partial charge on any atom is -0.481 e. The summed E-state index contributed by atoms with van der Waals surface area (Å²) in [5.41, 5.74) is 2.60. The van der Waals surface area contributed by atoms with Gasteiger partial charge in [-0.3, -0.25) is 9.59 Å². The van der Waals surface area contributed by atoms with E-state index in [9.17, 15) is 14.0 Å². The molecule has 1 atom stereocenters. The van der Waals surface area contributed by atoms with Crippen LogP contribution >= 0.6 is 0 Å². The summed E-state index contributed by atoms with van der Waals surface area (Å²) in [4.78, 5) is 27.0. The zero-order chi connectivity index (χ0) is 21.1. The molecule has 1 aliphatic rings. The van der Waals surface area contributed by atoms with Gasteiger partial charge in [0.15, 0.2) is 6.10 Å². The normalized spacial score (nSPS) is 15.7. The van der Waals surface area contributed by atoms with Crippen LogP contribution in [0.4, 0.5) is 10.1 Å². The molecule has 0 spiro atoms. The SMILES string of the molecule is CC1Oc2ccc(NC(=O)c3cccc(F)c3)cc2CN(Cc2ccccc2)C1=O. The van der Waals surface area contributed by atoms with Crippen molar-refractivity contribution >= 4 is 17.5 Å². The van der Waals surface area contributed by atoms with Gasteiger partial charge in [0.2, 0.25) is 0 Å². The van der Waals surface area contributed by atoms with Crippen LogP contribution in [-0.2, 0) is 17.9 Å². The van der Waals surface area contributed by atoms with E-state index >= 15 is 0 Å². The molecule has 5 nitrogen and oxygen atoms in total. The van der Waals surface area contributed by atoms with Gasteiger partial charge in [0.1, 0.15) is 11.6 Å². The first-order valence-electron chi connectivity index (χ1n) is 9.69. The predicted octanol–water partition coefficient (Wildman–Crippen LogP) is 4.39. The molecule has 4 rings (SSSR count). The van der Waals surface area contributed by atoms with Crippen LogP contribution in [0.5, 0.6) is 5.75 Å². The summed E-state index contributed by atoms with van der Waals surface area (Å²) >= 11 is 0. The number of amides is 2. The highest BCUT2D eigenvalue weighted by molar-refractivity contribution is 6.04. The van der Waals surface area contributed by atoms with E-state index in [0.717, 1.165) is 11.1 Å². The van der Waals surface area contributed by atoms with E-state index in [4.69, 9.17) is 4.74 Å². The number of halogens is 1. The van der Waals surface area contributed by atoms with Crippen molar-refractivity contribution in [3.63, 3.8) is 0 Å². The molecule has 2 amide bonds. The number of nitrogens with one attached hydrogen (secondary N) is 1. The molecular weight excluding hydrogens is 383 g/mol. The van der Waals surface area contributed by atoms with Gasteiger partial charge in [-0.25, -0.2) is 4.39 Å². The van der Waals surface area contributed by atoms with Crippen LogP contribution in [0, 0.1) is 5.82 Å². The third kappa shape index (κ3) is 4.33. The van der Waals surface area contributed by atoms with Gasteiger partial charge < -0.3 is 15.0 Å². The number of rotatable bonds is 4. The molecule has 0 fully saturated rings. The Morgan fingerprint density at radius 3 is 2.67 bits per heavy atom. The van der Waals surface area contributed by atoms with Crippen molar-refractivity contribution < 1.29 is 18.7 Å². The lowest BCUT2D eigenvalue weighted by atomic mass is 10.1. The molecule has 152 valence electrons. The Bertz CT molecular complexity index is 1080. The van der Waals surface area contributed by atoms with E-state index in [-0.39, 0.29) is 11.5 Å². The van der Waals surface area contributed by atoms with E-state index in [1.165, 1.54) is 18.2 Å². The predicted molar refractivity (Wildman–Crippen MR) is 112 cm³/mol. The molecule has 0 bridgehead atoms. The molecular formula is C24H21FN2O3. The largest absolute Gasteiger partial charge is 0.481 e. The molecule has 0 aromatic heterocycles. The number of anilines is 1. The van der Waals surface area contributed by atoms with Crippen molar-refractivity contribution in [3.05, 3.63) is 95.3 Å². The smallest absolute Gasteiger partial charge is 0.263 e. The lowest BCUT2D eigenvalue weighted by molar-refractivity contribution is -0.138. The Morgan fingerprint density at radius 2 is 1.90 bits per heavy atom. The van der Waals surface area contributed by atoms with Gasteiger partial charge in [-0.2, -0.15) is 0 Å². The molecule has 3 aromatic rings. The summed E-state index contributed by atoms with van der Waals surface area (Å²) in [5.74, 6) is -0.368. The molecule has 1 N–H and O–H groups in total.